The van der Waals surface area contributed by atoms with Gasteiger partial charge in [0.25, 0.3) is 0 Å². The van der Waals surface area contributed by atoms with Crippen molar-refractivity contribution < 1.29 is 9.59 Å². The number of nitrogens with one attached hydrogen (secondary N) is 1. The molecule has 5 nitrogen and oxygen atoms in total. The zero-order chi connectivity index (χ0) is 16.7. The first-order chi connectivity index (χ1) is 11.6. The number of carbonyl (C=O) groups excluding carboxylic acids is 2. The van der Waals surface area contributed by atoms with Crippen LogP contribution in [-0.4, -0.2) is 41.9 Å². The average molecular weight is 327 g/mol. The summed E-state index contributed by atoms with van der Waals surface area (Å²) in [6.07, 6.45) is 4.81. The standard InChI is InChI=1S/C19H25N3O2/c1-13(20-17-9-11-22(19(17)24)15-7-8-15)14-4-2-5-16(12-14)21-10-3-6-18(21)23/h2,4-5,12-13,15,17,20H,3,6-11H2,1H3/t13-,17-/m0/s1. The molecule has 0 unspecified atom stereocenters. The molecule has 2 aliphatic heterocycles. The molecule has 128 valence electrons. The lowest BCUT2D eigenvalue weighted by molar-refractivity contribution is -0.130. The molecule has 2 saturated heterocycles. The lowest BCUT2D eigenvalue weighted by Gasteiger charge is -2.22. The topological polar surface area (TPSA) is 52.7 Å². The Balaban J connectivity index is 1.43. The summed E-state index contributed by atoms with van der Waals surface area (Å²) in [7, 11) is 0. The van der Waals surface area contributed by atoms with Crippen molar-refractivity contribution in [2.24, 2.45) is 0 Å². The maximum atomic E-state index is 12.5. The summed E-state index contributed by atoms with van der Waals surface area (Å²) in [6, 6.07) is 8.67. The maximum absolute atomic E-state index is 12.5. The van der Waals surface area contributed by atoms with Crippen LogP contribution in [0.4, 0.5) is 5.69 Å². The number of rotatable bonds is 5. The van der Waals surface area contributed by atoms with E-state index in [9.17, 15) is 9.59 Å². The summed E-state index contributed by atoms with van der Waals surface area (Å²) in [5.74, 6) is 0.467. The van der Waals surface area contributed by atoms with E-state index in [0.717, 1.165) is 37.2 Å². The van der Waals surface area contributed by atoms with Gasteiger partial charge in [-0.15, -0.1) is 0 Å². The molecule has 4 rings (SSSR count). The molecule has 3 fully saturated rings. The van der Waals surface area contributed by atoms with Gasteiger partial charge in [0.1, 0.15) is 0 Å². The third kappa shape index (κ3) is 2.93. The van der Waals surface area contributed by atoms with Crippen LogP contribution in [0.3, 0.4) is 0 Å². The fourth-order valence-electron chi connectivity index (χ4n) is 3.89. The third-order valence-corrected chi connectivity index (χ3v) is 5.43. The molecule has 0 radical (unpaired) electrons. The fraction of sp³-hybridized carbons (Fsp3) is 0.579. The Kier molecular flexibility index (Phi) is 4.04. The second-order valence-corrected chi connectivity index (χ2v) is 7.24. The van der Waals surface area contributed by atoms with Crippen LogP contribution in [-0.2, 0) is 9.59 Å². The number of hydrogen-bond acceptors (Lipinski definition) is 3. The highest BCUT2D eigenvalue weighted by Gasteiger charge is 2.40. The smallest absolute Gasteiger partial charge is 0.240 e. The van der Waals surface area contributed by atoms with Gasteiger partial charge in [0.15, 0.2) is 0 Å². The highest BCUT2D eigenvalue weighted by molar-refractivity contribution is 5.95. The summed E-state index contributed by atoms with van der Waals surface area (Å²) >= 11 is 0. The molecule has 2 amide bonds. The first kappa shape index (κ1) is 15.6. The first-order valence-corrected chi connectivity index (χ1v) is 9.10. The van der Waals surface area contributed by atoms with Crippen molar-refractivity contribution in [3.05, 3.63) is 29.8 Å². The molecule has 1 aromatic carbocycles. The quantitative estimate of drug-likeness (QED) is 0.902. The Morgan fingerprint density at radius 1 is 1.17 bits per heavy atom. The Morgan fingerprint density at radius 2 is 2.00 bits per heavy atom. The van der Waals surface area contributed by atoms with Crippen molar-refractivity contribution in [2.45, 2.75) is 57.2 Å². The minimum absolute atomic E-state index is 0.0716. The number of amides is 2. The Bertz CT molecular complexity index is 656. The van der Waals surface area contributed by atoms with Crippen molar-refractivity contribution in [1.82, 2.24) is 10.2 Å². The van der Waals surface area contributed by atoms with Gasteiger partial charge in [-0.2, -0.15) is 0 Å². The average Bonchev–Trinajstić information content (AvgIpc) is 3.24. The summed E-state index contributed by atoms with van der Waals surface area (Å²) in [6.45, 7) is 3.79. The number of carbonyl (C=O) groups is 2. The van der Waals surface area contributed by atoms with Gasteiger partial charge >= 0.3 is 0 Å². The SMILES string of the molecule is C[C@H](N[C@H]1CCN(C2CC2)C1=O)c1cccc(N2CCCC2=O)c1. The van der Waals surface area contributed by atoms with Gasteiger partial charge in [0.2, 0.25) is 11.8 Å². The predicted molar refractivity (Wildman–Crippen MR) is 92.7 cm³/mol. The monoisotopic (exact) mass is 327 g/mol. The van der Waals surface area contributed by atoms with Gasteiger partial charge in [-0.05, 0) is 50.3 Å². The third-order valence-electron chi connectivity index (χ3n) is 5.43. The van der Waals surface area contributed by atoms with Crippen LogP contribution in [0, 0.1) is 0 Å². The van der Waals surface area contributed by atoms with Gasteiger partial charge in [-0.3, -0.25) is 14.9 Å². The molecule has 0 spiro atoms. The zero-order valence-corrected chi connectivity index (χ0v) is 14.2. The molecule has 0 aromatic heterocycles. The Morgan fingerprint density at radius 3 is 2.71 bits per heavy atom. The molecule has 2 heterocycles. The summed E-state index contributed by atoms with van der Waals surface area (Å²) in [4.78, 5) is 28.3. The molecule has 1 N–H and O–H groups in total. The first-order valence-electron chi connectivity index (χ1n) is 9.10. The van der Waals surface area contributed by atoms with Gasteiger partial charge in [-0.25, -0.2) is 0 Å². The molecular weight excluding hydrogens is 302 g/mol. The van der Waals surface area contributed by atoms with Gasteiger partial charge in [-0.1, -0.05) is 12.1 Å². The van der Waals surface area contributed by atoms with E-state index in [-0.39, 0.29) is 23.9 Å². The normalized spacial score (nSPS) is 25.6. The second-order valence-electron chi connectivity index (χ2n) is 7.24. The number of anilines is 1. The minimum Gasteiger partial charge on any atom is -0.338 e. The van der Waals surface area contributed by atoms with Crippen LogP contribution in [0.15, 0.2) is 24.3 Å². The summed E-state index contributed by atoms with van der Waals surface area (Å²) < 4.78 is 0. The van der Waals surface area contributed by atoms with E-state index in [1.165, 1.54) is 12.8 Å². The number of benzene rings is 1. The zero-order valence-electron chi connectivity index (χ0n) is 14.2. The minimum atomic E-state index is -0.0716. The molecule has 3 aliphatic rings. The van der Waals surface area contributed by atoms with E-state index >= 15 is 0 Å². The van der Waals surface area contributed by atoms with Crippen molar-refractivity contribution in [2.75, 3.05) is 18.0 Å². The van der Waals surface area contributed by atoms with Crippen molar-refractivity contribution in [3.8, 4) is 0 Å². The van der Waals surface area contributed by atoms with Gasteiger partial charge in [0.05, 0.1) is 6.04 Å². The summed E-state index contributed by atoms with van der Waals surface area (Å²) in [5, 5.41) is 3.49. The number of likely N-dealkylation sites (tertiary alicyclic amines) is 1. The predicted octanol–water partition coefficient (Wildman–Crippen LogP) is 2.23. The maximum Gasteiger partial charge on any atom is 0.240 e. The molecule has 1 saturated carbocycles. The molecule has 2 atom stereocenters. The van der Waals surface area contributed by atoms with Crippen molar-refractivity contribution in [3.63, 3.8) is 0 Å². The van der Waals surface area contributed by atoms with Gasteiger partial charge in [0, 0.05) is 37.3 Å². The fourth-order valence-corrected chi connectivity index (χ4v) is 3.89. The van der Waals surface area contributed by atoms with Crippen molar-refractivity contribution in [1.29, 1.82) is 0 Å². The van der Waals surface area contributed by atoms with Crippen LogP contribution in [0.2, 0.25) is 0 Å². The van der Waals surface area contributed by atoms with Crippen LogP contribution in [0.5, 0.6) is 0 Å². The Labute approximate surface area is 143 Å². The molecule has 5 heteroatoms. The molecule has 24 heavy (non-hydrogen) atoms. The van der Waals surface area contributed by atoms with E-state index in [1.54, 1.807) is 0 Å². The Hall–Kier alpha value is -1.88. The van der Waals surface area contributed by atoms with E-state index in [4.69, 9.17) is 0 Å². The molecular formula is C19H25N3O2. The second kappa shape index (κ2) is 6.20. The van der Waals surface area contributed by atoms with Crippen molar-refractivity contribution >= 4 is 17.5 Å². The molecule has 1 aromatic rings. The lowest BCUT2D eigenvalue weighted by Crippen LogP contribution is -2.40. The molecule has 0 bridgehead atoms. The van der Waals surface area contributed by atoms with E-state index in [1.807, 2.05) is 21.9 Å². The highest BCUT2D eigenvalue weighted by Crippen LogP contribution is 2.31. The van der Waals surface area contributed by atoms with Crippen LogP contribution in [0.1, 0.15) is 50.6 Å². The van der Waals surface area contributed by atoms with E-state index in [0.29, 0.717) is 12.5 Å². The lowest BCUT2D eigenvalue weighted by atomic mass is 10.1. The largest absolute Gasteiger partial charge is 0.338 e. The highest BCUT2D eigenvalue weighted by atomic mass is 16.2. The van der Waals surface area contributed by atoms with Crippen LogP contribution < -0.4 is 10.2 Å². The number of nitrogens with zero attached hydrogens (tertiary/aromatic N) is 2. The number of hydrogen-bond donors (Lipinski definition) is 1. The summed E-state index contributed by atoms with van der Waals surface area (Å²) in [5.41, 5.74) is 2.10. The van der Waals surface area contributed by atoms with Crippen LogP contribution in [0.25, 0.3) is 0 Å². The molecule has 1 aliphatic carbocycles. The van der Waals surface area contributed by atoms with E-state index in [2.05, 4.69) is 24.4 Å². The van der Waals surface area contributed by atoms with Crippen LogP contribution >= 0.6 is 0 Å². The van der Waals surface area contributed by atoms with Gasteiger partial charge < -0.3 is 9.80 Å². The van der Waals surface area contributed by atoms with E-state index < -0.39 is 0 Å².